The van der Waals surface area contributed by atoms with Gasteiger partial charge in [0.05, 0.1) is 12.5 Å². The third kappa shape index (κ3) is 5.48. The molecule has 2 amide bonds. The van der Waals surface area contributed by atoms with Crippen molar-refractivity contribution < 1.29 is 14.7 Å². The number of aromatic nitrogens is 1. The lowest BCUT2D eigenvalue weighted by Crippen LogP contribution is -2.47. The number of rotatable bonds is 7. The quantitative estimate of drug-likeness (QED) is 0.788. The van der Waals surface area contributed by atoms with E-state index in [9.17, 15) is 9.59 Å². The molecule has 2 N–H and O–H groups in total. The second-order valence-corrected chi connectivity index (χ2v) is 4.44. The van der Waals surface area contributed by atoms with Crippen molar-refractivity contribution in [3.63, 3.8) is 0 Å². The van der Waals surface area contributed by atoms with Gasteiger partial charge in [0.1, 0.15) is 6.04 Å². The van der Waals surface area contributed by atoms with Gasteiger partial charge < -0.3 is 15.3 Å². The number of urea groups is 1. The number of hydrogen-bond acceptors (Lipinski definition) is 4. The number of carbonyl (C=O) groups excluding carboxylic acids is 1. The van der Waals surface area contributed by atoms with Crippen LogP contribution >= 0.6 is 0 Å². The minimum atomic E-state index is -1.08. The summed E-state index contributed by atoms with van der Waals surface area (Å²) in [4.78, 5) is 28.5. The Morgan fingerprint density at radius 3 is 2.86 bits per heavy atom. The highest BCUT2D eigenvalue weighted by molar-refractivity contribution is 5.82. The van der Waals surface area contributed by atoms with Crippen LogP contribution in [0.4, 0.5) is 4.79 Å². The molecule has 0 saturated carbocycles. The fourth-order valence-corrected chi connectivity index (χ4v) is 1.73. The van der Waals surface area contributed by atoms with Gasteiger partial charge in [-0.05, 0) is 18.1 Å². The topological polar surface area (TPSA) is 106 Å². The summed E-state index contributed by atoms with van der Waals surface area (Å²) in [5, 5.41) is 20.1. The fourth-order valence-electron chi connectivity index (χ4n) is 1.73. The van der Waals surface area contributed by atoms with Crippen LogP contribution in [-0.2, 0) is 11.3 Å². The molecule has 0 aromatic carbocycles. The van der Waals surface area contributed by atoms with Crippen LogP contribution < -0.4 is 5.32 Å². The predicted octanol–water partition coefficient (Wildman–Crippen LogP) is 1.37. The number of carbonyl (C=O) groups is 2. The molecule has 1 rings (SSSR count). The molecular weight excluding hydrogens is 272 g/mol. The molecule has 0 aliphatic carbocycles. The standard InChI is InChI=1S/C14H18N4O3/c1-2-12(13(19)20)17-14(21)18(8-4-6-15)10-11-5-3-7-16-9-11/h3,5,7,9,12H,2,4,8,10H2,1H3,(H,17,21)(H,19,20). The molecule has 7 nitrogen and oxygen atoms in total. The van der Waals surface area contributed by atoms with Gasteiger partial charge in [0.25, 0.3) is 0 Å². The number of nitrogens with one attached hydrogen (secondary N) is 1. The van der Waals surface area contributed by atoms with Crippen LogP contribution in [0.1, 0.15) is 25.3 Å². The number of aliphatic carboxylic acids is 1. The van der Waals surface area contributed by atoms with Crippen LogP contribution in [0.3, 0.4) is 0 Å². The van der Waals surface area contributed by atoms with Crippen LogP contribution in [0.5, 0.6) is 0 Å². The number of hydrogen-bond donors (Lipinski definition) is 2. The van der Waals surface area contributed by atoms with E-state index in [1.807, 2.05) is 12.1 Å². The van der Waals surface area contributed by atoms with Crippen LogP contribution in [0.2, 0.25) is 0 Å². The summed E-state index contributed by atoms with van der Waals surface area (Å²) in [6, 6.07) is 4.11. The number of pyridine rings is 1. The molecule has 0 saturated heterocycles. The largest absolute Gasteiger partial charge is 0.480 e. The normalized spacial score (nSPS) is 11.2. The maximum absolute atomic E-state index is 12.1. The highest BCUT2D eigenvalue weighted by Gasteiger charge is 2.21. The van der Waals surface area contributed by atoms with Crippen molar-refractivity contribution in [1.82, 2.24) is 15.2 Å². The average Bonchev–Trinajstić information content (AvgIpc) is 2.49. The maximum Gasteiger partial charge on any atom is 0.326 e. The van der Waals surface area contributed by atoms with Gasteiger partial charge in [-0.3, -0.25) is 4.98 Å². The first-order valence-electron chi connectivity index (χ1n) is 6.62. The summed E-state index contributed by atoms with van der Waals surface area (Å²) >= 11 is 0. The number of carboxylic acid groups (broad SMARTS) is 1. The Morgan fingerprint density at radius 2 is 2.33 bits per heavy atom. The van der Waals surface area contributed by atoms with E-state index in [0.29, 0.717) is 6.42 Å². The zero-order valence-corrected chi connectivity index (χ0v) is 11.8. The predicted molar refractivity (Wildman–Crippen MR) is 75.1 cm³/mol. The average molecular weight is 290 g/mol. The summed E-state index contributed by atoms with van der Waals surface area (Å²) in [6.07, 6.45) is 3.72. The Kier molecular flexibility index (Phi) is 6.68. The summed E-state index contributed by atoms with van der Waals surface area (Å²) < 4.78 is 0. The summed E-state index contributed by atoms with van der Waals surface area (Å²) in [6.45, 7) is 2.19. The van der Waals surface area contributed by atoms with Crippen molar-refractivity contribution in [2.45, 2.75) is 32.4 Å². The van der Waals surface area contributed by atoms with E-state index in [0.717, 1.165) is 5.56 Å². The van der Waals surface area contributed by atoms with Gasteiger partial charge in [-0.2, -0.15) is 5.26 Å². The van der Waals surface area contributed by atoms with Gasteiger partial charge in [0.2, 0.25) is 0 Å². The molecule has 1 aromatic rings. The highest BCUT2D eigenvalue weighted by atomic mass is 16.4. The lowest BCUT2D eigenvalue weighted by atomic mass is 10.2. The number of amides is 2. The molecule has 21 heavy (non-hydrogen) atoms. The molecule has 1 heterocycles. The lowest BCUT2D eigenvalue weighted by molar-refractivity contribution is -0.139. The minimum Gasteiger partial charge on any atom is -0.480 e. The van der Waals surface area contributed by atoms with Crippen molar-refractivity contribution >= 4 is 12.0 Å². The zero-order chi connectivity index (χ0) is 15.7. The molecule has 0 bridgehead atoms. The van der Waals surface area contributed by atoms with Gasteiger partial charge >= 0.3 is 12.0 Å². The second-order valence-electron chi connectivity index (χ2n) is 4.44. The third-order valence-corrected chi connectivity index (χ3v) is 2.88. The van der Waals surface area contributed by atoms with Gasteiger partial charge in [0, 0.05) is 25.5 Å². The maximum atomic E-state index is 12.1. The van der Waals surface area contributed by atoms with Crippen LogP contribution in [0, 0.1) is 11.3 Å². The Morgan fingerprint density at radius 1 is 1.57 bits per heavy atom. The molecule has 112 valence electrons. The number of nitrogens with zero attached hydrogens (tertiary/aromatic N) is 3. The molecule has 0 spiro atoms. The molecule has 1 atom stereocenters. The molecule has 1 aromatic heterocycles. The first-order chi connectivity index (χ1) is 10.1. The molecule has 0 fully saturated rings. The Hall–Kier alpha value is -2.62. The van der Waals surface area contributed by atoms with E-state index in [4.69, 9.17) is 10.4 Å². The van der Waals surface area contributed by atoms with Crippen molar-refractivity contribution in [2.24, 2.45) is 0 Å². The van der Waals surface area contributed by atoms with Gasteiger partial charge in [0.15, 0.2) is 0 Å². The molecule has 0 radical (unpaired) electrons. The van der Waals surface area contributed by atoms with Gasteiger partial charge in [-0.15, -0.1) is 0 Å². The zero-order valence-electron chi connectivity index (χ0n) is 11.8. The van der Waals surface area contributed by atoms with Crippen molar-refractivity contribution in [3.05, 3.63) is 30.1 Å². The van der Waals surface area contributed by atoms with Crippen molar-refractivity contribution in [3.8, 4) is 6.07 Å². The molecular formula is C14H18N4O3. The molecule has 0 aliphatic heterocycles. The summed E-state index contributed by atoms with van der Waals surface area (Å²) in [5.41, 5.74) is 0.814. The smallest absolute Gasteiger partial charge is 0.326 e. The van der Waals surface area contributed by atoms with E-state index in [1.165, 1.54) is 4.90 Å². The van der Waals surface area contributed by atoms with Crippen LogP contribution in [0.25, 0.3) is 0 Å². The Labute approximate surface area is 123 Å². The first-order valence-corrected chi connectivity index (χ1v) is 6.62. The van der Waals surface area contributed by atoms with E-state index in [1.54, 1.807) is 25.4 Å². The minimum absolute atomic E-state index is 0.178. The van der Waals surface area contributed by atoms with Crippen molar-refractivity contribution in [2.75, 3.05) is 6.54 Å². The SMILES string of the molecule is CCC(NC(=O)N(CCC#N)Cc1cccnc1)C(=O)O. The summed E-state index contributed by atoms with van der Waals surface area (Å²) in [5.74, 6) is -1.08. The van der Waals surface area contributed by atoms with Gasteiger partial charge in [-0.25, -0.2) is 9.59 Å². The molecule has 7 heteroatoms. The van der Waals surface area contributed by atoms with E-state index in [-0.39, 0.29) is 19.5 Å². The monoisotopic (exact) mass is 290 g/mol. The third-order valence-electron chi connectivity index (χ3n) is 2.88. The van der Waals surface area contributed by atoms with E-state index >= 15 is 0 Å². The fraction of sp³-hybridized carbons (Fsp3) is 0.429. The van der Waals surface area contributed by atoms with E-state index in [2.05, 4.69) is 10.3 Å². The van der Waals surface area contributed by atoms with Gasteiger partial charge in [-0.1, -0.05) is 13.0 Å². The Bertz CT molecular complexity index is 513. The molecule has 1 unspecified atom stereocenters. The summed E-state index contributed by atoms with van der Waals surface area (Å²) in [7, 11) is 0. The number of carboxylic acids is 1. The molecule has 0 aliphatic rings. The van der Waals surface area contributed by atoms with Crippen LogP contribution in [-0.4, -0.2) is 39.6 Å². The highest BCUT2D eigenvalue weighted by Crippen LogP contribution is 2.05. The number of nitriles is 1. The second kappa shape index (κ2) is 8.53. The van der Waals surface area contributed by atoms with E-state index < -0.39 is 18.0 Å². The first kappa shape index (κ1) is 16.4. The Balaban J connectivity index is 2.74. The van der Waals surface area contributed by atoms with Crippen LogP contribution in [0.15, 0.2) is 24.5 Å². The lowest BCUT2D eigenvalue weighted by Gasteiger charge is -2.24. The van der Waals surface area contributed by atoms with Crippen molar-refractivity contribution in [1.29, 1.82) is 5.26 Å².